The molecule has 0 aromatic carbocycles. The Labute approximate surface area is 137 Å². The van der Waals surface area contributed by atoms with E-state index in [1.54, 1.807) is 0 Å². The Morgan fingerprint density at radius 2 is 1.67 bits per heavy atom. The largest absolute Gasteiger partial charge is 0.478 e. The van der Waals surface area contributed by atoms with Gasteiger partial charge in [-0.25, -0.2) is 9.59 Å². The summed E-state index contributed by atoms with van der Waals surface area (Å²) in [6, 6.07) is 0.102. The van der Waals surface area contributed by atoms with Gasteiger partial charge in [-0.05, 0) is 25.7 Å². The van der Waals surface area contributed by atoms with Gasteiger partial charge >= 0.3 is 11.9 Å². The van der Waals surface area contributed by atoms with Crippen LogP contribution in [0.2, 0.25) is 0 Å². The quantitative estimate of drug-likeness (QED) is 0.272. The van der Waals surface area contributed by atoms with E-state index in [0.717, 1.165) is 12.8 Å². The molecular weight excluding hydrogens is 326 g/mol. The van der Waals surface area contributed by atoms with E-state index >= 15 is 0 Å². The van der Waals surface area contributed by atoms with Crippen LogP contribution >= 0.6 is 0 Å². The molecule has 0 aromatic rings. The molecule has 0 unspecified atom stereocenters. The first kappa shape index (κ1) is 21.3. The van der Waals surface area contributed by atoms with Crippen molar-refractivity contribution in [3.05, 3.63) is 22.3 Å². The van der Waals surface area contributed by atoms with Crippen molar-refractivity contribution in [3.8, 4) is 0 Å². The Kier molecular flexibility index (Phi) is 10.5. The van der Waals surface area contributed by atoms with E-state index in [-0.39, 0.29) is 18.1 Å². The van der Waals surface area contributed by atoms with Gasteiger partial charge < -0.3 is 26.1 Å². The Morgan fingerprint density at radius 3 is 2.04 bits per heavy atom. The fraction of sp³-hybridized carbons (Fsp3) is 0.615. The average molecular weight is 347 g/mol. The molecule has 0 saturated heterocycles. The molecule has 24 heavy (non-hydrogen) atoms. The molecule has 136 valence electrons. The van der Waals surface area contributed by atoms with Crippen molar-refractivity contribution in [2.45, 2.75) is 44.2 Å². The zero-order valence-corrected chi connectivity index (χ0v) is 12.9. The molecule has 1 rings (SSSR count). The second kappa shape index (κ2) is 11.8. The smallest absolute Gasteiger partial charge is 0.328 e. The van der Waals surface area contributed by atoms with Crippen molar-refractivity contribution in [2.24, 2.45) is 5.73 Å². The zero-order valence-electron chi connectivity index (χ0n) is 12.9. The fourth-order valence-electron chi connectivity index (χ4n) is 2.01. The Morgan fingerprint density at radius 1 is 1.17 bits per heavy atom. The molecule has 0 bridgehead atoms. The SMILES string of the molecule is NCCC(=O)NC1CCC(O[N+](=O)[O-])CC1.O=C(O)C=CC(=O)O. The molecule has 11 heteroatoms. The molecule has 0 radical (unpaired) electrons. The van der Waals surface area contributed by atoms with Crippen LogP contribution in [0.5, 0.6) is 0 Å². The van der Waals surface area contributed by atoms with Crippen molar-refractivity contribution in [1.29, 1.82) is 0 Å². The highest BCUT2D eigenvalue weighted by atomic mass is 17.0. The van der Waals surface area contributed by atoms with Crippen LogP contribution in [0, 0.1) is 10.1 Å². The van der Waals surface area contributed by atoms with Gasteiger partial charge in [-0.15, -0.1) is 10.1 Å². The van der Waals surface area contributed by atoms with Crippen LogP contribution in [0.3, 0.4) is 0 Å². The summed E-state index contributed by atoms with van der Waals surface area (Å²) in [5, 5.41) is 27.8. The van der Waals surface area contributed by atoms with Crippen molar-refractivity contribution in [3.63, 3.8) is 0 Å². The molecule has 0 aromatic heterocycles. The van der Waals surface area contributed by atoms with Gasteiger partial charge in [0.25, 0.3) is 5.09 Å². The Balaban J connectivity index is 0.000000561. The number of rotatable bonds is 7. The minimum atomic E-state index is -1.26. The number of carbonyl (C=O) groups excluding carboxylic acids is 1. The van der Waals surface area contributed by atoms with Gasteiger partial charge in [-0.2, -0.15) is 0 Å². The average Bonchev–Trinajstić information content (AvgIpc) is 2.47. The van der Waals surface area contributed by atoms with E-state index < -0.39 is 17.0 Å². The lowest BCUT2D eigenvalue weighted by atomic mass is 9.93. The summed E-state index contributed by atoms with van der Waals surface area (Å²) < 4.78 is 0. The second-order valence-corrected chi connectivity index (χ2v) is 4.92. The third-order valence-electron chi connectivity index (χ3n) is 3.01. The van der Waals surface area contributed by atoms with Crippen LogP contribution in [0.25, 0.3) is 0 Å². The van der Waals surface area contributed by atoms with Gasteiger partial charge in [0.2, 0.25) is 5.91 Å². The number of nitrogens with zero attached hydrogens (tertiary/aromatic N) is 1. The molecule has 0 atom stereocenters. The summed E-state index contributed by atoms with van der Waals surface area (Å²) in [5.74, 6) is -2.57. The highest BCUT2D eigenvalue weighted by Crippen LogP contribution is 2.21. The third kappa shape index (κ3) is 11.9. The summed E-state index contributed by atoms with van der Waals surface area (Å²) in [4.78, 5) is 44.9. The zero-order chi connectivity index (χ0) is 18.5. The van der Waals surface area contributed by atoms with Gasteiger partial charge in [0.1, 0.15) is 6.10 Å². The lowest BCUT2D eigenvalue weighted by Crippen LogP contribution is -2.40. The number of nitrogens with one attached hydrogen (secondary N) is 1. The van der Waals surface area contributed by atoms with Crippen molar-refractivity contribution in [1.82, 2.24) is 5.32 Å². The lowest BCUT2D eigenvalue weighted by molar-refractivity contribution is -0.769. The molecule has 0 aliphatic heterocycles. The van der Waals surface area contributed by atoms with E-state index in [0.29, 0.717) is 38.0 Å². The number of nitrogens with two attached hydrogens (primary N) is 1. The highest BCUT2D eigenvalue weighted by Gasteiger charge is 2.24. The number of carboxylic acid groups (broad SMARTS) is 2. The third-order valence-corrected chi connectivity index (χ3v) is 3.01. The molecular formula is C13H21N3O8. The maximum Gasteiger partial charge on any atom is 0.328 e. The summed E-state index contributed by atoms with van der Waals surface area (Å²) >= 11 is 0. The Bertz CT molecular complexity index is 456. The first-order valence-corrected chi connectivity index (χ1v) is 7.19. The van der Waals surface area contributed by atoms with Gasteiger partial charge in [0.05, 0.1) is 0 Å². The van der Waals surface area contributed by atoms with Crippen LogP contribution in [-0.4, -0.2) is 51.8 Å². The van der Waals surface area contributed by atoms with Crippen LogP contribution in [0.4, 0.5) is 0 Å². The Hall–Kier alpha value is -2.69. The summed E-state index contributed by atoms with van der Waals surface area (Å²) in [5.41, 5.74) is 5.26. The molecule has 5 N–H and O–H groups in total. The lowest BCUT2D eigenvalue weighted by Gasteiger charge is -2.27. The fourth-order valence-corrected chi connectivity index (χ4v) is 2.01. The maximum absolute atomic E-state index is 11.2. The summed E-state index contributed by atoms with van der Waals surface area (Å²) in [6.45, 7) is 0.339. The predicted octanol–water partition coefficient (Wildman–Crippen LogP) is -0.317. The molecule has 0 spiro atoms. The number of aliphatic carboxylic acids is 2. The van der Waals surface area contributed by atoms with Gasteiger partial charge in [0, 0.05) is 31.2 Å². The van der Waals surface area contributed by atoms with Crippen LogP contribution in [0.15, 0.2) is 12.2 Å². The first-order valence-electron chi connectivity index (χ1n) is 7.19. The summed E-state index contributed by atoms with van der Waals surface area (Å²) in [7, 11) is 0. The van der Waals surface area contributed by atoms with Crippen LogP contribution < -0.4 is 11.1 Å². The normalized spacial score (nSPS) is 19.7. The number of carboxylic acids is 2. The minimum Gasteiger partial charge on any atom is -0.478 e. The standard InChI is InChI=1S/C9H17N3O4.C4H4O4/c10-6-5-9(13)11-7-1-3-8(4-2-7)16-12(14)15;5-3(6)1-2-4(7)8/h7-8H,1-6,10H2,(H,11,13);1-2H,(H,5,6)(H,7,8). The molecule has 1 aliphatic rings. The molecule has 1 amide bonds. The van der Waals surface area contributed by atoms with E-state index in [9.17, 15) is 24.5 Å². The number of hydrogen-bond donors (Lipinski definition) is 4. The number of hydrogen-bond acceptors (Lipinski definition) is 7. The summed E-state index contributed by atoms with van der Waals surface area (Å²) in [6.07, 6.45) is 3.76. The number of amides is 1. The topological polar surface area (TPSA) is 182 Å². The minimum absolute atomic E-state index is 0.0545. The van der Waals surface area contributed by atoms with E-state index in [1.807, 2.05) is 0 Å². The van der Waals surface area contributed by atoms with E-state index in [2.05, 4.69) is 10.2 Å². The van der Waals surface area contributed by atoms with Gasteiger partial charge in [-0.1, -0.05) is 0 Å². The second-order valence-electron chi connectivity index (χ2n) is 4.92. The molecule has 11 nitrogen and oxygen atoms in total. The van der Waals surface area contributed by atoms with E-state index in [1.165, 1.54) is 0 Å². The van der Waals surface area contributed by atoms with E-state index in [4.69, 9.17) is 15.9 Å². The molecule has 1 aliphatic carbocycles. The predicted molar refractivity (Wildman–Crippen MR) is 80.3 cm³/mol. The van der Waals surface area contributed by atoms with Crippen LogP contribution in [0.1, 0.15) is 32.1 Å². The van der Waals surface area contributed by atoms with Crippen molar-refractivity contribution in [2.75, 3.05) is 6.54 Å². The maximum atomic E-state index is 11.2. The van der Waals surface area contributed by atoms with Crippen molar-refractivity contribution >= 4 is 17.8 Å². The monoisotopic (exact) mass is 347 g/mol. The van der Waals surface area contributed by atoms with Gasteiger partial charge in [0.15, 0.2) is 0 Å². The molecule has 1 saturated carbocycles. The van der Waals surface area contributed by atoms with Crippen molar-refractivity contribution < 1.29 is 34.5 Å². The van der Waals surface area contributed by atoms with Crippen LogP contribution in [-0.2, 0) is 19.2 Å². The molecule has 0 heterocycles. The first-order chi connectivity index (χ1) is 11.2. The number of carbonyl (C=O) groups is 3. The highest BCUT2D eigenvalue weighted by molar-refractivity contribution is 5.89. The van der Waals surface area contributed by atoms with Gasteiger partial charge in [-0.3, -0.25) is 4.79 Å². The molecule has 1 fully saturated rings.